The van der Waals surface area contributed by atoms with Gasteiger partial charge in [0.05, 0.1) is 0 Å². The number of rotatable bonds is 3. The zero-order valence-electron chi connectivity index (χ0n) is 10.6. The number of hydrogen-bond donors (Lipinski definition) is 0. The third-order valence-corrected chi connectivity index (χ3v) is 6.22. The van der Waals surface area contributed by atoms with E-state index in [-0.39, 0.29) is 16.1 Å². The van der Waals surface area contributed by atoms with Crippen LogP contribution in [0.4, 0.5) is 0 Å². The number of pyridine rings is 1. The van der Waals surface area contributed by atoms with Gasteiger partial charge in [-0.1, -0.05) is 24.9 Å². The van der Waals surface area contributed by atoms with E-state index in [1.807, 2.05) is 6.92 Å². The predicted molar refractivity (Wildman–Crippen MR) is 78.8 cm³/mol. The molecular weight excluding hydrogens is 352 g/mol. The van der Waals surface area contributed by atoms with Crippen molar-refractivity contribution in [1.29, 1.82) is 0 Å². The van der Waals surface area contributed by atoms with E-state index in [1.54, 1.807) is 4.31 Å². The lowest BCUT2D eigenvalue weighted by atomic mass is 10.0. The fourth-order valence-electron chi connectivity index (χ4n) is 2.41. The molecule has 0 N–H and O–H groups in total. The van der Waals surface area contributed by atoms with Gasteiger partial charge in [-0.2, -0.15) is 4.31 Å². The van der Waals surface area contributed by atoms with Crippen molar-refractivity contribution in [2.45, 2.75) is 43.5 Å². The molecule has 19 heavy (non-hydrogen) atoms. The maximum Gasteiger partial charge on any atom is 0.246 e. The van der Waals surface area contributed by atoms with Crippen molar-refractivity contribution in [2.75, 3.05) is 6.54 Å². The van der Waals surface area contributed by atoms with Gasteiger partial charge in [0, 0.05) is 23.3 Å². The minimum Gasteiger partial charge on any atom is -0.242 e. The first-order valence-electron chi connectivity index (χ1n) is 6.29. The van der Waals surface area contributed by atoms with Crippen LogP contribution < -0.4 is 0 Å². The minimum atomic E-state index is -3.57. The molecule has 0 aliphatic carbocycles. The first kappa shape index (κ1) is 15.2. The second-order valence-corrected chi connectivity index (χ2v) is 7.75. The Morgan fingerprint density at radius 1 is 1.53 bits per heavy atom. The van der Waals surface area contributed by atoms with Gasteiger partial charge < -0.3 is 0 Å². The van der Waals surface area contributed by atoms with Gasteiger partial charge in [-0.05, 0) is 41.3 Å². The summed E-state index contributed by atoms with van der Waals surface area (Å²) in [6.45, 7) is 2.57. The Labute approximate surface area is 127 Å². The molecule has 7 heteroatoms. The van der Waals surface area contributed by atoms with Crippen LogP contribution >= 0.6 is 27.5 Å². The largest absolute Gasteiger partial charge is 0.246 e. The third-order valence-electron chi connectivity index (χ3n) is 3.40. The van der Waals surface area contributed by atoms with Crippen molar-refractivity contribution in [3.8, 4) is 0 Å². The van der Waals surface area contributed by atoms with Crippen LogP contribution in [0.25, 0.3) is 0 Å². The summed E-state index contributed by atoms with van der Waals surface area (Å²) in [4.78, 5) is 3.99. The van der Waals surface area contributed by atoms with Crippen LogP contribution in [0.2, 0.25) is 5.15 Å². The Morgan fingerprint density at radius 2 is 2.26 bits per heavy atom. The summed E-state index contributed by atoms with van der Waals surface area (Å²) in [5.41, 5.74) is 0. The summed E-state index contributed by atoms with van der Waals surface area (Å²) < 4.78 is 27.6. The van der Waals surface area contributed by atoms with Crippen molar-refractivity contribution in [3.05, 3.63) is 21.9 Å². The lowest BCUT2D eigenvalue weighted by molar-refractivity contribution is 0.246. The number of piperidine rings is 1. The molecule has 0 bridgehead atoms. The lowest BCUT2D eigenvalue weighted by Crippen LogP contribution is -2.43. The Morgan fingerprint density at radius 3 is 2.95 bits per heavy atom. The third kappa shape index (κ3) is 3.12. The van der Waals surface area contributed by atoms with Crippen LogP contribution in [0.15, 0.2) is 21.6 Å². The van der Waals surface area contributed by atoms with Crippen molar-refractivity contribution < 1.29 is 8.42 Å². The summed E-state index contributed by atoms with van der Waals surface area (Å²) in [6.07, 6.45) is 5.20. The van der Waals surface area contributed by atoms with E-state index in [1.165, 1.54) is 12.3 Å². The fraction of sp³-hybridized carbons (Fsp3) is 0.583. The van der Waals surface area contributed by atoms with Gasteiger partial charge >= 0.3 is 0 Å². The normalized spacial score (nSPS) is 21.5. The summed E-state index contributed by atoms with van der Waals surface area (Å²) >= 11 is 9.19. The second-order valence-electron chi connectivity index (χ2n) is 4.62. The number of aromatic nitrogens is 1. The molecule has 1 aromatic heterocycles. The molecule has 2 heterocycles. The smallest absolute Gasteiger partial charge is 0.242 e. The van der Waals surface area contributed by atoms with Gasteiger partial charge in [0.1, 0.15) is 10.0 Å². The molecule has 0 amide bonds. The second kappa shape index (κ2) is 6.08. The van der Waals surface area contributed by atoms with E-state index in [0.29, 0.717) is 11.0 Å². The Hall–Kier alpha value is -0.170. The molecule has 106 valence electrons. The molecule has 0 spiro atoms. The topological polar surface area (TPSA) is 50.3 Å². The number of nitrogens with zero attached hydrogens (tertiary/aromatic N) is 2. The molecule has 1 unspecified atom stereocenters. The lowest BCUT2D eigenvalue weighted by Gasteiger charge is -2.34. The SMILES string of the molecule is CCC1CCCCN1S(=O)(=O)c1cc(Br)cnc1Cl. The maximum atomic E-state index is 12.7. The first-order valence-corrected chi connectivity index (χ1v) is 8.90. The average Bonchev–Trinajstić information content (AvgIpc) is 2.41. The summed E-state index contributed by atoms with van der Waals surface area (Å²) in [6, 6.07) is 1.58. The van der Waals surface area contributed by atoms with E-state index in [2.05, 4.69) is 20.9 Å². The standard InChI is InChI=1S/C12H16BrClN2O2S/c1-2-10-5-3-4-6-16(10)19(17,18)11-7-9(13)8-15-12(11)14/h7-8,10H,2-6H2,1H3. The van der Waals surface area contributed by atoms with Crippen LogP contribution in [-0.4, -0.2) is 30.3 Å². The molecule has 1 saturated heterocycles. The monoisotopic (exact) mass is 366 g/mol. The van der Waals surface area contributed by atoms with E-state index < -0.39 is 10.0 Å². The highest BCUT2D eigenvalue weighted by atomic mass is 79.9. The highest BCUT2D eigenvalue weighted by Crippen LogP contribution is 2.31. The maximum absolute atomic E-state index is 12.7. The van der Waals surface area contributed by atoms with E-state index in [4.69, 9.17) is 11.6 Å². The molecule has 1 atom stereocenters. The van der Waals surface area contributed by atoms with Gasteiger partial charge in [-0.25, -0.2) is 13.4 Å². The van der Waals surface area contributed by atoms with E-state index in [0.717, 1.165) is 25.7 Å². The number of hydrogen-bond acceptors (Lipinski definition) is 3. The summed E-state index contributed by atoms with van der Waals surface area (Å²) in [5, 5.41) is 0.0311. The van der Waals surface area contributed by atoms with Crippen LogP contribution in [0.3, 0.4) is 0 Å². The van der Waals surface area contributed by atoms with Crippen molar-refractivity contribution in [1.82, 2.24) is 9.29 Å². The van der Waals surface area contributed by atoms with E-state index in [9.17, 15) is 8.42 Å². The Kier molecular flexibility index (Phi) is 4.87. The molecule has 0 aromatic carbocycles. The minimum absolute atomic E-state index is 0.0311. The van der Waals surface area contributed by atoms with Gasteiger partial charge in [0.15, 0.2) is 0 Å². The highest BCUT2D eigenvalue weighted by Gasteiger charge is 2.34. The molecule has 4 nitrogen and oxygen atoms in total. The van der Waals surface area contributed by atoms with Crippen LogP contribution in [0.5, 0.6) is 0 Å². The number of sulfonamides is 1. The fourth-order valence-corrected chi connectivity index (χ4v) is 5.10. The molecular formula is C12H16BrClN2O2S. The number of halogens is 2. The Balaban J connectivity index is 2.43. The van der Waals surface area contributed by atoms with Gasteiger partial charge in [0.25, 0.3) is 0 Å². The Bertz CT molecular complexity index is 565. The van der Waals surface area contributed by atoms with Gasteiger partial charge in [-0.3, -0.25) is 0 Å². The summed E-state index contributed by atoms with van der Waals surface area (Å²) in [7, 11) is -3.57. The van der Waals surface area contributed by atoms with Gasteiger partial charge in [0.2, 0.25) is 10.0 Å². The quantitative estimate of drug-likeness (QED) is 0.769. The molecule has 2 rings (SSSR count). The predicted octanol–water partition coefficient (Wildman–Crippen LogP) is 3.45. The van der Waals surface area contributed by atoms with Crippen molar-refractivity contribution >= 4 is 37.6 Å². The van der Waals surface area contributed by atoms with Crippen LogP contribution in [0, 0.1) is 0 Å². The van der Waals surface area contributed by atoms with Gasteiger partial charge in [-0.15, -0.1) is 0 Å². The van der Waals surface area contributed by atoms with Crippen LogP contribution in [-0.2, 0) is 10.0 Å². The van der Waals surface area contributed by atoms with Crippen molar-refractivity contribution in [2.24, 2.45) is 0 Å². The first-order chi connectivity index (χ1) is 8.96. The average molecular weight is 368 g/mol. The molecule has 1 aliphatic rings. The van der Waals surface area contributed by atoms with Crippen LogP contribution in [0.1, 0.15) is 32.6 Å². The highest BCUT2D eigenvalue weighted by molar-refractivity contribution is 9.10. The zero-order valence-corrected chi connectivity index (χ0v) is 13.8. The molecule has 0 radical (unpaired) electrons. The molecule has 1 aromatic rings. The van der Waals surface area contributed by atoms with E-state index >= 15 is 0 Å². The molecule has 1 aliphatic heterocycles. The van der Waals surface area contributed by atoms with Crippen molar-refractivity contribution in [3.63, 3.8) is 0 Å². The molecule has 0 saturated carbocycles. The zero-order chi connectivity index (χ0) is 14.0. The molecule has 1 fully saturated rings. The summed E-state index contributed by atoms with van der Waals surface area (Å²) in [5.74, 6) is 0.